The normalized spacial score (nSPS) is 10.3. The second-order valence-corrected chi connectivity index (χ2v) is 4.42. The van der Waals surface area contributed by atoms with Crippen LogP contribution in [0.4, 0.5) is 5.69 Å². The maximum absolute atomic E-state index is 10.8. The molecule has 0 saturated heterocycles. The molecule has 2 rings (SSSR count). The highest BCUT2D eigenvalue weighted by atomic mass is 35.5. The number of hydrogen-bond donors (Lipinski definition) is 0. The largest absolute Gasteiger partial charge is 0.279 e. The second kappa shape index (κ2) is 4.59. The maximum Gasteiger partial charge on any atom is 0.279 e. The molecule has 0 aliphatic carbocycles. The minimum Gasteiger partial charge on any atom is -0.258 e. The van der Waals surface area contributed by atoms with Gasteiger partial charge in [0.05, 0.1) is 16.4 Å². The van der Waals surface area contributed by atoms with E-state index in [-0.39, 0.29) is 5.69 Å². The van der Waals surface area contributed by atoms with Crippen molar-refractivity contribution < 1.29 is 4.92 Å². The van der Waals surface area contributed by atoms with Gasteiger partial charge in [0, 0.05) is 17.1 Å². The Morgan fingerprint density at radius 1 is 1.44 bits per heavy atom. The highest BCUT2D eigenvalue weighted by molar-refractivity contribution is 7.15. The third-order valence-corrected chi connectivity index (χ3v) is 3.49. The summed E-state index contributed by atoms with van der Waals surface area (Å²) in [5, 5.41) is 11.5. The van der Waals surface area contributed by atoms with Crippen molar-refractivity contribution in [1.29, 1.82) is 0 Å². The fourth-order valence-corrected chi connectivity index (χ4v) is 2.34. The summed E-state index contributed by atoms with van der Waals surface area (Å²) in [6, 6.07) is 6.55. The zero-order valence-electron chi connectivity index (χ0n) is 8.09. The molecule has 1 heterocycles. The van der Waals surface area contributed by atoms with E-state index in [9.17, 15) is 10.1 Å². The van der Waals surface area contributed by atoms with Crippen molar-refractivity contribution in [3.8, 4) is 10.6 Å². The van der Waals surface area contributed by atoms with Gasteiger partial charge in [-0.3, -0.25) is 10.1 Å². The first-order valence-electron chi connectivity index (χ1n) is 4.47. The number of alkyl halides is 1. The predicted octanol–water partition coefficient (Wildman–Crippen LogP) is 3.46. The summed E-state index contributed by atoms with van der Waals surface area (Å²) >= 11 is 7.04. The molecule has 0 unspecified atom stereocenters. The van der Waals surface area contributed by atoms with E-state index in [1.807, 2.05) is 0 Å². The topological polar surface area (TPSA) is 56.0 Å². The van der Waals surface area contributed by atoms with Gasteiger partial charge >= 0.3 is 0 Å². The summed E-state index contributed by atoms with van der Waals surface area (Å²) in [5.41, 5.74) is 0.604. The molecule has 0 saturated carbocycles. The number of nitro benzene ring substituents is 1. The van der Waals surface area contributed by atoms with Crippen LogP contribution in [0.3, 0.4) is 0 Å². The number of hydrogen-bond acceptors (Lipinski definition) is 4. The molecule has 0 bridgehead atoms. The van der Waals surface area contributed by atoms with E-state index in [2.05, 4.69) is 4.98 Å². The van der Waals surface area contributed by atoms with E-state index in [0.717, 1.165) is 4.88 Å². The van der Waals surface area contributed by atoms with E-state index < -0.39 is 4.92 Å². The molecule has 1 aromatic heterocycles. The first kappa shape index (κ1) is 11.0. The molecule has 0 N–H and O–H groups in total. The minimum atomic E-state index is -0.406. The number of nitro groups is 1. The highest BCUT2D eigenvalue weighted by Crippen LogP contribution is 2.32. The van der Waals surface area contributed by atoms with Gasteiger partial charge in [0.1, 0.15) is 5.01 Å². The smallest absolute Gasteiger partial charge is 0.258 e. The fourth-order valence-electron chi connectivity index (χ4n) is 1.31. The van der Waals surface area contributed by atoms with E-state index in [1.165, 1.54) is 17.4 Å². The molecule has 6 heteroatoms. The number of para-hydroxylation sites is 1. The minimum absolute atomic E-state index is 0.0676. The van der Waals surface area contributed by atoms with Crippen molar-refractivity contribution in [3.05, 3.63) is 45.5 Å². The molecule has 0 fully saturated rings. The summed E-state index contributed by atoms with van der Waals surface area (Å²) in [5.74, 6) is 0.373. The van der Waals surface area contributed by atoms with Gasteiger partial charge in [0.15, 0.2) is 0 Å². The van der Waals surface area contributed by atoms with Gasteiger partial charge < -0.3 is 0 Å². The molecular weight excluding hydrogens is 248 g/mol. The Kier molecular flexibility index (Phi) is 3.17. The third-order valence-electron chi connectivity index (χ3n) is 2.02. The average Bonchev–Trinajstić information content (AvgIpc) is 2.77. The molecule has 0 radical (unpaired) electrons. The lowest BCUT2D eigenvalue weighted by Gasteiger charge is -1.97. The Balaban J connectivity index is 2.50. The standard InChI is InChI=1S/C10H7ClN2O2S/c11-5-7-6-12-10(16-7)8-3-1-2-4-9(8)13(14)15/h1-4,6H,5H2. The Morgan fingerprint density at radius 3 is 2.81 bits per heavy atom. The third kappa shape index (κ3) is 2.05. The van der Waals surface area contributed by atoms with Crippen LogP contribution in [-0.2, 0) is 5.88 Å². The van der Waals surface area contributed by atoms with Crippen LogP contribution in [-0.4, -0.2) is 9.91 Å². The molecule has 0 spiro atoms. The van der Waals surface area contributed by atoms with Crippen molar-refractivity contribution in [2.45, 2.75) is 5.88 Å². The van der Waals surface area contributed by atoms with Gasteiger partial charge in [-0.1, -0.05) is 12.1 Å². The molecule has 0 aliphatic heterocycles. The Bertz CT molecular complexity index is 527. The monoisotopic (exact) mass is 254 g/mol. The van der Waals surface area contributed by atoms with Gasteiger partial charge in [-0.25, -0.2) is 4.98 Å². The van der Waals surface area contributed by atoms with Crippen molar-refractivity contribution in [2.75, 3.05) is 0 Å². The quantitative estimate of drug-likeness (QED) is 0.479. The number of thiazole rings is 1. The van der Waals surface area contributed by atoms with Crippen LogP contribution >= 0.6 is 22.9 Å². The molecule has 2 aromatic rings. The summed E-state index contributed by atoms with van der Waals surface area (Å²) in [6.45, 7) is 0. The number of aromatic nitrogens is 1. The lowest BCUT2D eigenvalue weighted by Crippen LogP contribution is -1.90. The van der Waals surface area contributed by atoms with Crippen LogP contribution in [0.1, 0.15) is 4.88 Å². The Morgan fingerprint density at radius 2 is 2.19 bits per heavy atom. The Hall–Kier alpha value is -1.46. The van der Waals surface area contributed by atoms with E-state index in [1.54, 1.807) is 24.4 Å². The van der Waals surface area contributed by atoms with Gasteiger partial charge in [-0.05, 0) is 6.07 Å². The van der Waals surface area contributed by atoms with Gasteiger partial charge in [0.2, 0.25) is 0 Å². The molecule has 0 aliphatic rings. The van der Waals surface area contributed by atoms with Gasteiger partial charge in [0.25, 0.3) is 5.69 Å². The van der Waals surface area contributed by atoms with Crippen molar-refractivity contribution in [3.63, 3.8) is 0 Å². The first-order valence-corrected chi connectivity index (χ1v) is 5.82. The lowest BCUT2D eigenvalue weighted by atomic mass is 10.2. The molecule has 16 heavy (non-hydrogen) atoms. The number of nitrogens with zero attached hydrogens (tertiary/aromatic N) is 2. The fraction of sp³-hybridized carbons (Fsp3) is 0.100. The highest BCUT2D eigenvalue weighted by Gasteiger charge is 2.16. The first-order chi connectivity index (χ1) is 7.72. The molecule has 0 amide bonds. The zero-order valence-corrected chi connectivity index (χ0v) is 9.66. The maximum atomic E-state index is 10.8. The van der Waals surface area contributed by atoms with Crippen molar-refractivity contribution in [2.24, 2.45) is 0 Å². The van der Waals surface area contributed by atoms with E-state index >= 15 is 0 Å². The van der Waals surface area contributed by atoms with Crippen LogP contribution in [0.25, 0.3) is 10.6 Å². The summed E-state index contributed by atoms with van der Waals surface area (Å²) in [6.07, 6.45) is 1.64. The van der Waals surface area contributed by atoms with E-state index in [0.29, 0.717) is 16.5 Å². The number of rotatable bonds is 3. The zero-order chi connectivity index (χ0) is 11.5. The van der Waals surface area contributed by atoms with Crippen LogP contribution in [0.5, 0.6) is 0 Å². The SMILES string of the molecule is O=[N+]([O-])c1ccccc1-c1ncc(CCl)s1. The predicted molar refractivity (Wildman–Crippen MR) is 63.8 cm³/mol. The van der Waals surface area contributed by atoms with Gasteiger partial charge in [-0.15, -0.1) is 22.9 Å². The summed E-state index contributed by atoms with van der Waals surface area (Å²) in [4.78, 5) is 15.5. The van der Waals surface area contributed by atoms with Crippen LogP contribution < -0.4 is 0 Å². The van der Waals surface area contributed by atoms with Crippen molar-refractivity contribution in [1.82, 2.24) is 4.98 Å². The number of benzene rings is 1. The van der Waals surface area contributed by atoms with Crippen LogP contribution in [0.15, 0.2) is 30.5 Å². The van der Waals surface area contributed by atoms with Crippen LogP contribution in [0, 0.1) is 10.1 Å². The lowest BCUT2D eigenvalue weighted by molar-refractivity contribution is -0.384. The molecular formula is C10H7ClN2O2S. The molecule has 82 valence electrons. The Labute approximate surface area is 101 Å². The second-order valence-electron chi connectivity index (χ2n) is 3.04. The van der Waals surface area contributed by atoms with Crippen molar-refractivity contribution >= 4 is 28.6 Å². The van der Waals surface area contributed by atoms with E-state index in [4.69, 9.17) is 11.6 Å². The molecule has 1 aromatic carbocycles. The average molecular weight is 255 g/mol. The molecule has 4 nitrogen and oxygen atoms in total. The number of halogens is 1. The van der Waals surface area contributed by atoms with Gasteiger partial charge in [-0.2, -0.15) is 0 Å². The molecule has 0 atom stereocenters. The summed E-state index contributed by atoms with van der Waals surface area (Å²) in [7, 11) is 0. The van der Waals surface area contributed by atoms with Crippen LogP contribution in [0.2, 0.25) is 0 Å². The summed E-state index contributed by atoms with van der Waals surface area (Å²) < 4.78 is 0.